The summed E-state index contributed by atoms with van der Waals surface area (Å²) in [5, 5.41) is 0. The van der Waals surface area contributed by atoms with E-state index in [0.717, 1.165) is 15.6 Å². The molecule has 88 valence electrons. The molecule has 2 aromatic rings. The Morgan fingerprint density at radius 1 is 1.29 bits per heavy atom. The summed E-state index contributed by atoms with van der Waals surface area (Å²) in [6.45, 7) is 2.37. The summed E-state index contributed by atoms with van der Waals surface area (Å²) in [6.07, 6.45) is 1.69. The molecule has 0 aliphatic carbocycles. The van der Waals surface area contributed by atoms with Gasteiger partial charge < -0.3 is 10.3 Å². The van der Waals surface area contributed by atoms with E-state index in [0.29, 0.717) is 12.2 Å². The molecule has 0 amide bonds. The summed E-state index contributed by atoms with van der Waals surface area (Å²) in [6, 6.07) is 9.43. The minimum Gasteiger partial charge on any atom is -0.397 e. The zero-order chi connectivity index (χ0) is 12.4. The molecular weight excluding hydrogens is 280 g/mol. The number of hydrogen-bond donors (Lipinski definition) is 1. The molecule has 0 bridgehead atoms. The number of hydrogen-bond acceptors (Lipinski definition) is 2. The Labute approximate surface area is 108 Å². The van der Waals surface area contributed by atoms with Crippen LogP contribution in [-0.4, -0.2) is 4.57 Å². The molecule has 2 rings (SSSR count). The lowest BCUT2D eigenvalue weighted by atomic mass is 10.2. The highest BCUT2D eigenvalue weighted by molar-refractivity contribution is 9.10. The third-order valence-electron chi connectivity index (χ3n) is 2.64. The van der Waals surface area contributed by atoms with E-state index in [1.807, 2.05) is 31.2 Å². The average Bonchev–Trinajstić information content (AvgIpc) is 2.29. The first-order valence-electron chi connectivity index (χ1n) is 5.27. The van der Waals surface area contributed by atoms with Crippen LogP contribution < -0.4 is 11.3 Å². The van der Waals surface area contributed by atoms with Crippen LogP contribution in [0.4, 0.5) is 5.69 Å². The van der Waals surface area contributed by atoms with Crippen molar-refractivity contribution in [2.75, 3.05) is 5.73 Å². The number of rotatable bonds is 2. The topological polar surface area (TPSA) is 48.0 Å². The van der Waals surface area contributed by atoms with Crippen LogP contribution in [0.1, 0.15) is 11.1 Å². The molecule has 1 aromatic heterocycles. The van der Waals surface area contributed by atoms with Gasteiger partial charge in [-0.2, -0.15) is 0 Å². The third kappa shape index (κ3) is 2.77. The number of halogens is 1. The number of anilines is 1. The predicted molar refractivity (Wildman–Crippen MR) is 73.1 cm³/mol. The van der Waals surface area contributed by atoms with Crippen LogP contribution in [0.2, 0.25) is 0 Å². The molecule has 0 aliphatic rings. The fraction of sp³-hybridized carbons (Fsp3) is 0.154. The van der Waals surface area contributed by atoms with Crippen LogP contribution in [0, 0.1) is 6.92 Å². The second kappa shape index (κ2) is 4.75. The molecular formula is C13H13BrN2O. The molecule has 4 heteroatoms. The van der Waals surface area contributed by atoms with Gasteiger partial charge in [0.05, 0.1) is 12.2 Å². The van der Waals surface area contributed by atoms with Crippen molar-refractivity contribution in [1.82, 2.24) is 4.57 Å². The Bertz CT molecular complexity index is 587. The molecule has 0 spiro atoms. The molecule has 0 atom stereocenters. The van der Waals surface area contributed by atoms with Gasteiger partial charge in [0.25, 0.3) is 5.56 Å². The molecule has 17 heavy (non-hydrogen) atoms. The lowest BCUT2D eigenvalue weighted by molar-refractivity contribution is 0.759. The SMILES string of the molecule is Cc1cc(=O)n(Cc2ccc(Br)cc2)cc1N. The quantitative estimate of drug-likeness (QED) is 0.925. The molecule has 1 aromatic carbocycles. The predicted octanol–water partition coefficient (Wildman–Crippen LogP) is 2.55. The van der Waals surface area contributed by atoms with Gasteiger partial charge in [0.15, 0.2) is 0 Å². The van der Waals surface area contributed by atoms with Crippen molar-refractivity contribution >= 4 is 21.6 Å². The van der Waals surface area contributed by atoms with E-state index in [1.165, 1.54) is 0 Å². The van der Waals surface area contributed by atoms with E-state index < -0.39 is 0 Å². The summed E-state index contributed by atoms with van der Waals surface area (Å²) < 4.78 is 2.64. The van der Waals surface area contributed by atoms with Gasteiger partial charge in [-0.05, 0) is 30.2 Å². The van der Waals surface area contributed by atoms with Crippen molar-refractivity contribution in [2.24, 2.45) is 0 Å². The summed E-state index contributed by atoms with van der Waals surface area (Å²) >= 11 is 3.38. The molecule has 0 saturated heterocycles. The van der Waals surface area contributed by atoms with Crippen molar-refractivity contribution in [1.29, 1.82) is 0 Å². The summed E-state index contributed by atoms with van der Waals surface area (Å²) in [7, 11) is 0. The van der Waals surface area contributed by atoms with Crippen LogP contribution in [0.15, 0.2) is 45.8 Å². The maximum Gasteiger partial charge on any atom is 0.251 e. The van der Waals surface area contributed by atoms with Crippen LogP contribution in [0.3, 0.4) is 0 Å². The number of aromatic nitrogens is 1. The molecule has 2 N–H and O–H groups in total. The maximum atomic E-state index is 11.8. The first-order valence-corrected chi connectivity index (χ1v) is 6.06. The van der Waals surface area contributed by atoms with Crippen molar-refractivity contribution in [2.45, 2.75) is 13.5 Å². The van der Waals surface area contributed by atoms with Crippen molar-refractivity contribution in [3.05, 3.63) is 62.5 Å². The zero-order valence-electron chi connectivity index (χ0n) is 9.48. The first-order chi connectivity index (χ1) is 8.06. The van der Waals surface area contributed by atoms with Crippen molar-refractivity contribution in [3.63, 3.8) is 0 Å². The summed E-state index contributed by atoms with van der Waals surface area (Å²) in [5.41, 5.74) is 8.30. The molecule has 0 unspecified atom stereocenters. The number of nitrogens with two attached hydrogens (primary N) is 1. The van der Waals surface area contributed by atoms with Crippen LogP contribution >= 0.6 is 15.9 Å². The fourth-order valence-electron chi connectivity index (χ4n) is 1.59. The van der Waals surface area contributed by atoms with Crippen molar-refractivity contribution in [3.8, 4) is 0 Å². The maximum absolute atomic E-state index is 11.8. The zero-order valence-corrected chi connectivity index (χ0v) is 11.1. The minimum absolute atomic E-state index is 0.0281. The van der Waals surface area contributed by atoms with E-state index >= 15 is 0 Å². The molecule has 0 radical (unpaired) electrons. The van der Waals surface area contributed by atoms with Gasteiger partial charge in [-0.15, -0.1) is 0 Å². The van der Waals surface area contributed by atoms with Gasteiger partial charge in [0, 0.05) is 16.7 Å². The van der Waals surface area contributed by atoms with E-state index in [9.17, 15) is 4.79 Å². The van der Waals surface area contributed by atoms with Crippen LogP contribution in [0.25, 0.3) is 0 Å². The first kappa shape index (κ1) is 11.9. The van der Waals surface area contributed by atoms with E-state index in [2.05, 4.69) is 15.9 Å². The summed E-state index contributed by atoms with van der Waals surface area (Å²) in [5.74, 6) is 0. The Morgan fingerprint density at radius 2 is 1.94 bits per heavy atom. The third-order valence-corrected chi connectivity index (χ3v) is 3.17. The van der Waals surface area contributed by atoms with Gasteiger partial charge in [-0.25, -0.2) is 0 Å². The Morgan fingerprint density at radius 3 is 2.59 bits per heavy atom. The minimum atomic E-state index is -0.0281. The van der Waals surface area contributed by atoms with Gasteiger partial charge in [0.2, 0.25) is 0 Å². The van der Waals surface area contributed by atoms with E-state index in [-0.39, 0.29) is 5.56 Å². The fourth-order valence-corrected chi connectivity index (χ4v) is 1.86. The van der Waals surface area contributed by atoms with Gasteiger partial charge >= 0.3 is 0 Å². The van der Waals surface area contributed by atoms with Crippen LogP contribution in [0.5, 0.6) is 0 Å². The Hall–Kier alpha value is -1.55. The lowest BCUT2D eigenvalue weighted by Crippen LogP contribution is -2.20. The smallest absolute Gasteiger partial charge is 0.251 e. The second-order valence-corrected chi connectivity index (χ2v) is 4.92. The highest BCUT2D eigenvalue weighted by atomic mass is 79.9. The largest absolute Gasteiger partial charge is 0.397 e. The highest BCUT2D eigenvalue weighted by Crippen LogP contribution is 2.12. The monoisotopic (exact) mass is 292 g/mol. The van der Waals surface area contributed by atoms with Gasteiger partial charge in [-0.1, -0.05) is 28.1 Å². The molecule has 1 heterocycles. The number of aryl methyl sites for hydroxylation is 1. The number of nitrogen functional groups attached to an aromatic ring is 1. The van der Waals surface area contributed by atoms with Gasteiger partial charge in [0.1, 0.15) is 0 Å². The molecule has 0 fully saturated rings. The van der Waals surface area contributed by atoms with Gasteiger partial charge in [-0.3, -0.25) is 4.79 Å². The number of pyridine rings is 1. The lowest BCUT2D eigenvalue weighted by Gasteiger charge is -2.08. The highest BCUT2D eigenvalue weighted by Gasteiger charge is 2.01. The normalized spacial score (nSPS) is 10.5. The Kier molecular flexibility index (Phi) is 3.33. The molecule has 0 aliphatic heterocycles. The van der Waals surface area contributed by atoms with E-state index in [4.69, 9.17) is 5.73 Å². The molecule has 3 nitrogen and oxygen atoms in total. The average molecular weight is 293 g/mol. The number of benzene rings is 1. The number of nitrogens with zero attached hydrogens (tertiary/aromatic N) is 1. The van der Waals surface area contributed by atoms with E-state index in [1.54, 1.807) is 16.8 Å². The molecule has 0 saturated carbocycles. The standard InChI is InChI=1S/C13H13BrN2O/c1-9-6-13(17)16(8-12(9)15)7-10-2-4-11(14)5-3-10/h2-6,8H,7,15H2,1H3. The second-order valence-electron chi connectivity index (χ2n) is 4.00. The van der Waals surface area contributed by atoms with Crippen LogP contribution in [-0.2, 0) is 6.54 Å². The van der Waals surface area contributed by atoms with Crippen molar-refractivity contribution < 1.29 is 0 Å². The summed E-state index contributed by atoms with van der Waals surface area (Å²) in [4.78, 5) is 11.8. The Balaban J connectivity index is 2.33.